The van der Waals surface area contributed by atoms with E-state index in [1.165, 1.54) is 11.3 Å². The van der Waals surface area contributed by atoms with E-state index in [0.717, 1.165) is 11.6 Å². The summed E-state index contributed by atoms with van der Waals surface area (Å²) >= 11 is 1.23. The zero-order chi connectivity index (χ0) is 12.5. The van der Waals surface area contributed by atoms with Crippen LogP contribution in [0.4, 0.5) is 5.13 Å². The minimum Gasteiger partial charge on any atom is -0.477 e. The van der Waals surface area contributed by atoms with E-state index in [0.29, 0.717) is 10.6 Å². The van der Waals surface area contributed by atoms with Crippen LogP contribution in [0.3, 0.4) is 0 Å². The number of hydrogen-bond donors (Lipinski definition) is 1. The summed E-state index contributed by atoms with van der Waals surface area (Å²) in [4.78, 5) is 17.6. The molecule has 0 unspecified atom stereocenters. The molecule has 0 aromatic carbocycles. The molecule has 0 aliphatic rings. The van der Waals surface area contributed by atoms with E-state index in [-0.39, 0.29) is 5.54 Å². The second kappa shape index (κ2) is 4.41. The van der Waals surface area contributed by atoms with Gasteiger partial charge in [-0.1, -0.05) is 18.3 Å². The Bertz CT molecular complexity index is 399. The van der Waals surface area contributed by atoms with Crippen molar-refractivity contribution in [2.75, 3.05) is 11.9 Å². The van der Waals surface area contributed by atoms with Crippen LogP contribution in [0.25, 0.3) is 0 Å². The lowest BCUT2D eigenvalue weighted by atomic mass is 10.0. The zero-order valence-corrected chi connectivity index (χ0v) is 11.2. The Morgan fingerprint density at radius 1 is 1.56 bits per heavy atom. The molecule has 0 radical (unpaired) electrons. The molecule has 0 aliphatic carbocycles. The first-order chi connectivity index (χ1) is 7.29. The maximum Gasteiger partial charge on any atom is 0.347 e. The summed E-state index contributed by atoms with van der Waals surface area (Å²) in [5, 5.41) is 9.74. The predicted octanol–water partition coefficient (Wildman–Crippen LogP) is 2.77. The molecule has 0 saturated heterocycles. The average molecular weight is 242 g/mol. The standard InChI is InChI=1S/C11H18N2O2S/c1-6-11(3,4)13(5)10-12-7(2)8(16-10)9(14)15/h6H2,1-5H3,(H,14,15). The molecule has 1 heterocycles. The molecular weight excluding hydrogens is 224 g/mol. The molecule has 1 aromatic rings. The van der Waals surface area contributed by atoms with Gasteiger partial charge in [-0.3, -0.25) is 0 Å². The van der Waals surface area contributed by atoms with Crippen LogP contribution in [0.15, 0.2) is 0 Å². The highest BCUT2D eigenvalue weighted by atomic mass is 32.1. The van der Waals surface area contributed by atoms with Gasteiger partial charge in [0.05, 0.1) is 5.69 Å². The molecule has 0 saturated carbocycles. The van der Waals surface area contributed by atoms with Gasteiger partial charge >= 0.3 is 5.97 Å². The van der Waals surface area contributed by atoms with E-state index >= 15 is 0 Å². The smallest absolute Gasteiger partial charge is 0.347 e. The summed E-state index contributed by atoms with van der Waals surface area (Å²) in [6.07, 6.45) is 0.977. The van der Waals surface area contributed by atoms with E-state index < -0.39 is 5.97 Å². The molecule has 0 spiro atoms. The first kappa shape index (κ1) is 13.0. The van der Waals surface area contributed by atoms with Crippen LogP contribution in [-0.2, 0) is 0 Å². The Morgan fingerprint density at radius 3 is 2.50 bits per heavy atom. The van der Waals surface area contributed by atoms with Crippen molar-refractivity contribution in [3.63, 3.8) is 0 Å². The van der Waals surface area contributed by atoms with Crippen molar-refractivity contribution in [1.29, 1.82) is 0 Å². The molecule has 1 aromatic heterocycles. The van der Waals surface area contributed by atoms with Gasteiger partial charge in [0.2, 0.25) is 0 Å². The van der Waals surface area contributed by atoms with Crippen LogP contribution >= 0.6 is 11.3 Å². The van der Waals surface area contributed by atoms with E-state index in [4.69, 9.17) is 5.11 Å². The first-order valence-corrected chi connectivity index (χ1v) is 6.05. The molecule has 1 N–H and O–H groups in total. The highest BCUT2D eigenvalue weighted by molar-refractivity contribution is 7.17. The predicted molar refractivity (Wildman–Crippen MR) is 66.6 cm³/mol. The highest BCUT2D eigenvalue weighted by Crippen LogP contribution is 2.30. The summed E-state index contributed by atoms with van der Waals surface area (Å²) < 4.78 is 0. The van der Waals surface area contributed by atoms with E-state index in [2.05, 4.69) is 25.8 Å². The fourth-order valence-electron chi connectivity index (χ4n) is 1.22. The number of anilines is 1. The Kier molecular flexibility index (Phi) is 3.57. The first-order valence-electron chi connectivity index (χ1n) is 5.24. The molecule has 1 rings (SSSR count). The largest absolute Gasteiger partial charge is 0.477 e. The van der Waals surface area contributed by atoms with Crippen LogP contribution in [-0.4, -0.2) is 28.6 Å². The van der Waals surface area contributed by atoms with Gasteiger partial charge in [0.15, 0.2) is 5.13 Å². The summed E-state index contributed by atoms with van der Waals surface area (Å²) in [5.41, 5.74) is 0.575. The molecule has 0 bridgehead atoms. The van der Waals surface area contributed by atoms with E-state index in [1.807, 2.05) is 11.9 Å². The number of aryl methyl sites for hydroxylation is 1. The second-order valence-corrected chi connectivity index (χ2v) is 5.42. The quantitative estimate of drug-likeness (QED) is 0.882. The van der Waals surface area contributed by atoms with Gasteiger partial charge < -0.3 is 10.0 Å². The summed E-state index contributed by atoms with van der Waals surface area (Å²) in [6.45, 7) is 8.07. The number of carbonyl (C=O) groups is 1. The third-order valence-corrected chi connectivity index (χ3v) is 4.26. The van der Waals surface area contributed by atoms with E-state index in [9.17, 15) is 4.79 Å². The van der Waals surface area contributed by atoms with Gasteiger partial charge in [-0.2, -0.15) is 0 Å². The van der Waals surface area contributed by atoms with Gasteiger partial charge in [-0.15, -0.1) is 0 Å². The van der Waals surface area contributed by atoms with Crippen LogP contribution in [0.5, 0.6) is 0 Å². The van der Waals surface area contributed by atoms with Crippen LogP contribution in [0.2, 0.25) is 0 Å². The van der Waals surface area contributed by atoms with Crippen molar-refractivity contribution in [2.45, 2.75) is 39.7 Å². The number of rotatable bonds is 4. The molecule has 0 aliphatic heterocycles. The molecule has 90 valence electrons. The van der Waals surface area contributed by atoms with Gasteiger partial charge in [-0.25, -0.2) is 9.78 Å². The van der Waals surface area contributed by atoms with Crippen molar-refractivity contribution in [2.24, 2.45) is 0 Å². The van der Waals surface area contributed by atoms with Crippen molar-refractivity contribution in [1.82, 2.24) is 4.98 Å². The molecule has 5 heteroatoms. The summed E-state index contributed by atoms with van der Waals surface area (Å²) in [7, 11) is 1.95. The number of aromatic carboxylic acids is 1. The lowest BCUT2D eigenvalue weighted by Gasteiger charge is -2.34. The number of hydrogen-bond acceptors (Lipinski definition) is 4. The van der Waals surface area contributed by atoms with Crippen molar-refractivity contribution >= 4 is 22.4 Å². The van der Waals surface area contributed by atoms with Crippen molar-refractivity contribution in [3.8, 4) is 0 Å². The van der Waals surface area contributed by atoms with Crippen molar-refractivity contribution < 1.29 is 9.90 Å². The normalized spacial score (nSPS) is 11.6. The Balaban J connectivity index is 3.06. The van der Waals surface area contributed by atoms with Gasteiger partial charge in [0, 0.05) is 12.6 Å². The lowest BCUT2D eigenvalue weighted by Crippen LogP contribution is -2.40. The summed E-state index contributed by atoms with van der Waals surface area (Å²) in [6, 6.07) is 0. The zero-order valence-electron chi connectivity index (χ0n) is 10.4. The fraction of sp³-hybridized carbons (Fsp3) is 0.636. The number of carboxylic acids is 1. The molecule has 0 amide bonds. The number of aromatic nitrogens is 1. The van der Waals surface area contributed by atoms with Crippen LogP contribution in [0, 0.1) is 6.92 Å². The van der Waals surface area contributed by atoms with Crippen LogP contribution in [0.1, 0.15) is 42.6 Å². The van der Waals surface area contributed by atoms with Gasteiger partial charge in [0.1, 0.15) is 4.88 Å². The minimum absolute atomic E-state index is 0.0138. The maximum atomic E-state index is 10.9. The molecule has 0 fully saturated rings. The third-order valence-electron chi connectivity index (χ3n) is 3.04. The maximum absolute atomic E-state index is 10.9. The monoisotopic (exact) mass is 242 g/mol. The Labute approximate surface area is 99.9 Å². The molecule has 4 nitrogen and oxygen atoms in total. The second-order valence-electron chi connectivity index (χ2n) is 4.44. The Morgan fingerprint density at radius 2 is 2.12 bits per heavy atom. The Hall–Kier alpha value is -1.10. The summed E-state index contributed by atoms with van der Waals surface area (Å²) in [5.74, 6) is -0.899. The average Bonchev–Trinajstić information content (AvgIpc) is 2.59. The lowest BCUT2D eigenvalue weighted by molar-refractivity contribution is 0.0701. The van der Waals surface area contributed by atoms with Gasteiger partial charge in [-0.05, 0) is 27.2 Å². The fourth-order valence-corrected chi connectivity index (χ4v) is 2.25. The number of thiazole rings is 1. The highest BCUT2D eigenvalue weighted by Gasteiger charge is 2.25. The topological polar surface area (TPSA) is 53.4 Å². The molecule has 0 atom stereocenters. The molecule has 16 heavy (non-hydrogen) atoms. The van der Waals surface area contributed by atoms with Gasteiger partial charge in [0.25, 0.3) is 0 Å². The third kappa shape index (κ3) is 2.35. The minimum atomic E-state index is -0.899. The SMILES string of the molecule is CCC(C)(C)N(C)c1nc(C)c(C(=O)O)s1. The van der Waals surface area contributed by atoms with Crippen molar-refractivity contribution in [3.05, 3.63) is 10.6 Å². The van der Waals surface area contributed by atoms with Crippen LogP contribution < -0.4 is 4.90 Å². The molecular formula is C11H18N2O2S. The number of nitrogens with zero attached hydrogens (tertiary/aromatic N) is 2. The van der Waals surface area contributed by atoms with E-state index in [1.54, 1.807) is 6.92 Å². The number of carboxylic acid groups (broad SMARTS) is 1.